The van der Waals surface area contributed by atoms with Gasteiger partial charge in [0.15, 0.2) is 5.76 Å². The first-order chi connectivity index (χ1) is 9.36. The van der Waals surface area contributed by atoms with Crippen LogP contribution in [-0.4, -0.2) is 36.2 Å². The predicted molar refractivity (Wildman–Crippen MR) is 84.4 cm³/mol. The molecule has 1 saturated heterocycles. The van der Waals surface area contributed by atoms with Crippen LogP contribution in [0.25, 0.3) is 10.6 Å². The Bertz CT molecular complexity index is 514. The highest BCUT2D eigenvalue weighted by Crippen LogP contribution is 2.26. The molecule has 0 amide bonds. The minimum Gasteiger partial charge on any atom is -0.355 e. The summed E-state index contributed by atoms with van der Waals surface area (Å²) < 4.78 is 5.43. The maximum atomic E-state index is 5.43. The summed E-state index contributed by atoms with van der Waals surface area (Å²) in [6.45, 7) is 3.10. The fourth-order valence-corrected chi connectivity index (χ4v) is 3.37. The molecule has 4 nitrogen and oxygen atoms in total. The highest BCUT2D eigenvalue weighted by molar-refractivity contribution is 7.13. The van der Waals surface area contributed by atoms with Crippen molar-refractivity contribution in [2.45, 2.75) is 25.4 Å². The lowest BCUT2D eigenvalue weighted by atomic mass is 10.2. The first kappa shape index (κ1) is 15.5. The van der Waals surface area contributed by atoms with Gasteiger partial charge in [0, 0.05) is 25.2 Å². The number of aromatic nitrogens is 1. The van der Waals surface area contributed by atoms with E-state index in [2.05, 4.69) is 32.9 Å². The van der Waals surface area contributed by atoms with Crippen molar-refractivity contribution in [3.05, 3.63) is 29.3 Å². The Kier molecular flexibility index (Phi) is 5.60. The van der Waals surface area contributed by atoms with Crippen molar-refractivity contribution < 1.29 is 4.52 Å². The Labute approximate surface area is 129 Å². The first-order valence-electron chi connectivity index (χ1n) is 6.75. The van der Waals surface area contributed by atoms with Gasteiger partial charge in [0.25, 0.3) is 0 Å². The molecule has 6 heteroatoms. The molecule has 3 heterocycles. The Hall–Kier alpha value is -0.880. The minimum atomic E-state index is 0. The third kappa shape index (κ3) is 3.41. The lowest BCUT2D eigenvalue weighted by Gasteiger charge is -2.22. The molecule has 0 saturated carbocycles. The number of likely N-dealkylation sites (N-methyl/N-ethyl adjacent to an activating group) is 1. The zero-order chi connectivity index (χ0) is 13.1. The zero-order valence-electron chi connectivity index (χ0n) is 11.5. The number of nitrogens with zero attached hydrogens (tertiary/aromatic N) is 2. The van der Waals surface area contributed by atoms with E-state index < -0.39 is 0 Å². The lowest BCUT2D eigenvalue weighted by Crippen LogP contribution is -2.36. The normalized spacial score (nSPS) is 19.1. The molecular formula is C14H20ClN3OS. The molecule has 110 valence electrons. The van der Waals surface area contributed by atoms with E-state index in [-0.39, 0.29) is 12.4 Å². The van der Waals surface area contributed by atoms with Gasteiger partial charge in [-0.25, -0.2) is 0 Å². The summed E-state index contributed by atoms with van der Waals surface area (Å²) in [7, 11) is 2.02. The molecule has 1 fully saturated rings. The van der Waals surface area contributed by atoms with E-state index in [4.69, 9.17) is 4.52 Å². The second-order valence-corrected chi connectivity index (χ2v) is 5.93. The molecule has 2 aromatic heterocycles. The van der Waals surface area contributed by atoms with Crippen LogP contribution >= 0.6 is 23.7 Å². The molecule has 1 aliphatic rings. The number of halogens is 1. The number of likely N-dealkylation sites (tertiary alicyclic amines) is 1. The quantitative estimate of drug-likeness (QED) is 0.921. The molecule has 1 unspecified atom stereocenters. The fraction of sp³-hybridized carbons (Fsp3) is 0.500. The Balaban J connectivity index is 0.00000147. The van der Waals surface area contributed by atoms with Gasteiger partial charge in [0.1, 0.15) is 0 Å². The molecule has 2 aromatic rings. The molecular weight excluding hydrogens is 294 g/mol. The summed E-state index contributed by atoms with van der Waals surface area (Å²) in [4.78, 5) is 3.64. The van der Waals surface area contributed by atoms with Gasteiger partial charge in [-0.2, -0.15) is 0 Å². The first-order valence-corrected chi connectivity index (χ1v) is 7.63. The SMILES string of the molecule is CNCC1CCCN1Cc1cc(-c2cccs2)on1.Cl. The highest BCUT2D eigenvalue weighted by atomic mass is 35.5. The van der Waals surface area contributed by atoms with E-state index in [0.29, 0.717) is 6.04 Å². The highest BCUT2D eigenvalue weighted by Gasteiger charge is 2.24. The molecule has 0 aliphatic carbocycles. The van der Waals surface area contributed by atoms with E-state index in [1.165, 1.54) is 12.8 Å². The van der Waals surface area contributed by atoms with E-state index in [1.54, 1.807) is 11.3 Å². The number of rotatable bonds is 5. The van der Waals surface area contributed by atoms with Crippen molar-refractivity contribution in [3.8, 4) is 10.6 Å². The van der Waals surface area contributed by atoms with E-state index in [9.17, 15) is 0 Å². The topological polar surface area (TPSA) is 41.3 Å². The van der Waals surface area contributed by atoms with Crippen LogP contribution < -0.4 is 5.32 Å². The van der Waals surface area contributed by atoms with Gasteiger partial charge in [-0.1, -0.05) is 11.2 Å². The second kappa shape index (κ2) is 7.22. The van der Waals surface area contributed by atoms with Crippen LogP contribution in [0.1, 0.15) is 18.5 Å². The largest absolute Gasteiger partial charge is 0.355 e. The summed E-state index contributed by atoms with van der Waals surface area (Å²) in [5.41, 5.74) is 1.03. The van der Waals surface area contributed by atoms with Crippen molar-refractivity contribution in [1.29, 1.82) is 0 Å². The third-order valence-corrected chi connectivity index (χ3v) is 4.51. The molecule has 1 aliphatic heterocycles. The van der Waals surface area contributed by atoms with Gasteiger partial charge in [-0.3, -0.25) is 4.90 Å². The number of hydrogen-bond donors (Lipinski definition) is 1. The summed E-state index contributed by atoms with van der Waals surface area (Å²) in [5.74, 6) is 0.884. The van der Waals surface area contributed by atoms with E-state index in [1.807, 2.05) is 13.1 Å². The van der Waals surface area contributed by atoms with Gasteiger partial charge in [0.2, 0.25) is 0 Å². The minimum absolute atomic E-state index is 0. The van der Waals surface area contributed by atoms with Crippen molar-refractivity contribution in [2.75, 3.05) is 20.1 Å². The van der Waals surface area contributed by atoms with Crippen LogP contribution in [-0.2, 0) is 6.54 Å². The smallest absolute Gasteiger partial charge is 0.177 e. The summed E-state index contributed by atoms with van der Waals surface area (Å²) in [5, 5.41) is 9.53. The third-order valence-electron chi connectivity index (χ3n) is 3.63. The molecule has 20 heavy (non-hydrogen) atoms. The average molecular weight is 314 g/mol. The van der Waals surface area contributed by atoms with Gasteiger partial charge in [-0.15, -0.1) is 23.7 Å². The standard InChI is InChI=1S/C14H19N3OS.ClH/c1-15-9-12-4-2-6-17(12)10-11-8-13(18-16-11)14-5-3-7-19-14;/h3,5,7-8,12,15H,2,4,6,9-10H2,1H3;1H. The van der Waals surface area contributed by atoms with Crippen LogP contribution in [0, 0.1) is 0 Å². The van der Waals surface area contributed by atoms with Gasteiger partial charge >= 0.3 is 0 Å². The number of nitrogens with one attached hydrogen (secondary N) is 1. The van der Waals surface area contributed by atoms with Crippen LogP contribution in [0.15, 0.2) is 28.1 Å². The predicted octanol–water partition coefficient (Wildman–Crippen LogP) is 3.01. The van der Waals surface area contributed by atoms with Crippen LogP contribution in [0.4, 0.5) is 0 Å². The van der Waals surface area contributed by atoms with Crippen molar-refractivity contribution in [2.24, 2.45) is 0 Å². The Morgan fingerprint density at radius 1 is 1.55 bits per heavy atom. The van der Waals surface area contributed by atoms with Gasteiger partial charge in [0.05, 0.1) is 10.6 Å². The Morgan fingerprint density at radius 3 is 3.20 bits per heavy atom. The summed E-state index contributed by atoms with van der Waals surface area (Å²) >= 11 is 1.68. The zero-order valence-corrected chi connectivity index (χ0v) is 13.2. The second-order valence-electron chi connectivity index (χ2n) is 4.98. The Morgan fingerprint density at radius 2 is 2.45 bits per heavy atom. The summed E-state index contributed by atoms with van der Waals surface area (Å²) in [6.07, 6.45) is 2.55. The average Bonchev–Trinajstić information content (AvgIpc) is 3.12. The van der Waals surface area contributed by atoms with Gasteiger partial charge < -0.3 is 9.84 Å². The van der Waals surface area contributed by atoms with Crippen molar-refractivity contribution in [3.63, 3.8) is 0 Å². The van der Waals surface area contributed by atoms with Crippen LogP contribution in [0.5, 0.6) is 0 Å². The molecule has 1 atom stereocenters. The molecule has 0 bridgehead atoms. The lowest BCUT2D eigenvalue weighted by molar-refractivity contribution is 0.235. The molecule has 0 aromatic carbocycles. The summed E-state index contributed by atoms with van der Waals surface area (Å²) in [6, 6.07) is 6.80. The van der Waals surface area contributed by atoms with Crippen LogP contribution in [0.2, 0.25) is 0 Å². The van der Waals surface area contributed by atoms with E-state index >= 15 is 0 Å². The number of hydrogen-bond acceptors (Lipinski definition) is 5. The van der Waals surface area contributed by atoms with E-state index in [0.717, 1.165) is 36.0 Å². The maximum absolute atomic E-state index is 5.43. The van der Waals surface area contributed by atoms with Crippen molar-refractivity contribution >= 4 is 23.7 Å². The van der Waals surface area contributed by atoms with Gasteiger partial charge in [-0.05, 0) is 37.9 Å². The monoisotopic (exact) mass is 313 g/mol. The maximum Gasteiger partial charge on any atom is 0.177 e. The van der Waals surface area contributed by atoms with Crippen LogP contribution in [0.3, 0.4) is 0 Å². The molecule has 0 radical (unpaired) electrons. The van der Waals surface area contributed by atoms with Crippen molar-refractivity contribution in [1.82, 2.24) is 15.4 Å². The molecule has 1 N–H and O–H groups in total. The molecule has 3 rings (SSSR count). The molecule has 0 spiro atoms. The fourth-order valence-electron chi connectivity index (χ4n) is 2.70. The number of thiophene rings is 1.